The van der Waals surface area contributed by atoms with Gasteiger partial charge in [-0.05, 0) is 31.0 Å². The molecule has 0 bridgehead atoms. The molecule has 1 aromatic rings. The second-order valence-electron chi connectivity index (χ2n) is 4.51. The van der Waals surface area contributed by atoms with Crippen molar-refractivity contribution in [2.45, 2.75) is 32.7 Å². The number of carboxylic acid groups (broad SMARTS) is 1. The second kappa shape index (κ2) is 6.88. The molecule has 0 atom stereocenters. The maximum atomic E-state index is 13.2. The molecule has 0 unspecified atom stereocenters. The Balaban J connectivity index is 2.95. The van der Waals surface area contributed by atoms with Crippen molar-refractivity contribution in [2.75, 3.05) is 12.4 Å². The van der Waals surface area contributed by atoms with Crippen LogP contribution in [0.1, 0.15) is 37.0 Å². The van der Waals surface area contributed by atoms with Gasteiger partial charge in [-0.25, -0.2) is 14.0 Å². The summed E-state index contributed by atoms with van der Waals surface area (Å²) in [6.07, 6.45) is 1.57. The molecular weight excluding hydrogens is 263 g/mol. The molecule has 2 N–H and O–H groups in total. The number of anilines is 1. The van der Waals surface area contributed by atoms with Gasteiger partial charge in [-0.15, -0.1) is 0 Å². The highest BCUT2D eigenvalue weighted by Crippen LogP contribution is 2.18. The fourth-order valence-corrected chi connectivity index (χ4v) is 2.01. The van der Waals surface area contributed by atoms with E-state index in [0.29, 0.717) is 0 Å². The minimum absolute atomic E-state index is 0.0414. The van der Waals surface area contributed by atoms with Crippen LogP contribution in [0.2, 0.25) is 0 Å². The zero-order valence-electron chi connectivity index (χ0n) is 11.8. The highest BCUT2D eigenvalue weighted by Gasteiger charge is 2.19. The minimum atomic E-state index is -1.22. The van der Waals surface area contributed by atoms with E-state index in [1.54, 1.807) is 7.05 Å². The van der Waals surface area contributed by atoms with Crippen LogP contribution in [0.15, 0.2) is 18.2 Å². The number of carboxylic acids is 1. The monoisotopic (exact) mass is 282 g/mol. The second-order valence-corrected chi connectivity index (χ2v) is 4.51. The Bertz CT molecular complexity index is 501. The third kappa shape index (κ3) is 3.69. The van der Waals surface area contributed by atoms with Gasteiger partial charge < -0.3 is 15.3 Å². The molecule has 0 aliphatic rings. The zero-order valence-corrected chi connectivity index (χ0v) is 11.8. The van der Waals surface area contributed by atoms with Gasteiger partial charge in [0.1, 0.15) is 5.82 Å². The molecule has 1 rings (SSSR count). The fraction of sp³-hybridized carbons (Fsp3) is 0.429. The molecule has 2 amide bonds. The smallest absolute Gasteiger partial charge is 0.337 e. The Kier molecular flexibility index (Phi) is 5.49. The lowest BCUT2D eigenvalue weighted by molar-refractivity contribution is 0.0698. The molecule has 20 heavy (non-hydrogen) atoms. The molecule has 5 nitrogen and oxygen atoms in total. The number of rotatable bonds is 5. The van der Waals surface area contributed by atoms with E-state index >= 15 is 0 Å². The van der Waals surface area contributed by atoms with Crippen molar-refractivity contribution in [1.82, 2.24) is 4.90 Å². The summed E-state index contributed by atoms with van der Waals surface area (Å²) < 4.78 is 13.2. The highest BCUT2D eigenvalue weighted by molar-refractivity contribution is 6.00. The number of carbonyl (C=O) groups is 2. The van der Waals surface area contributed by atoms with Gasteiger partial charge in [0.05, 0.1) is 11.3 Å². The minimum Gasteiger partial charge on any atom is -0.478 e. The number of amides is 2. The van der Waals surface area contributed by atoms with Crippen molar-refractivity contribution in [3.63, 3.8) is 0 Å². The quantitative estimate of drug-likeness (QED) is 0.871. The Hall–Kier alpha value is -2.11. The molecule has 0 radical (unpaired) electrons. The average Bonchev–Trinajstić information content (AvgIpc) is 2.39. The van der Waals surface area contributed by atoms with Crippen molar-refractivity contribution in [1.29, 1.82) is 0 Å². The van der Waals surface area contributed by atoms with Gasteiger partial charge in [0.15, 0.2) is 0 Å². The summed E-state index contributed by atoms with van der Waals surface area (Å²) in [5, 5.41) is 11.5. The molecule has 0 saturated carbocycles. The van der Waals surface area contributed by atoms with Gasteiger partial charge in [-0.3, -0.25) is 0 Å². The molecule has 0 heterocycles. The van der Waals surface area contributed by atoms with Gasteiger partial charge in [0.2, 0.25) is 0 Å². The van der Waals surface area contributed by atoms with E-state index in [1.807, 2.05) is 13.8 Å². The Morgan fingerprint density at radius 2 is 1.95 bits per heavy atom. The molecule has 0 saturated heterocycles. The lowest BCUT2D eigenvalue weighted by atomic mass is 10.1. The van der Waals surface area contributed by atoms with Crippen molar-refractivity contribution in [2.24, 2.45) is 0 Å². The molecule has 0 aliphatic heterocycles. The van der Waals surface area contributed by atoms with Crippen molar-refractivity contribution in [3.8, 4) is 0 Å². The Morgan fingerprint density at radius 1 is 1.35 bits per heavy atom. The van der Waals surface area contributed by atoms with Crippen LogP contribution < -0.4 is 5.32 Å². The molecule has 0 fully saturated rings. The SMILES string of the molecule is CCC(CC)N(C)C(=O)Nc1cc(F)ccc1C(=O)O. The van der Waals surface area contributed by atoms with Gasteiger partial charge in [-0.2, -0.15) is 0 Å². The van der Waals surface area contributed by atoms with Crippen LogP contribution >= 0.6 is 0 Å². The summed E-state index contributed by atoms with van der Waals surface area (Å²) in [5.74, 6) is -1.82. The zero-order chi connectivity index (χ0) is 15.3. The topological polar surface area (TPSA) is 69.6 Å². The van der Waals surface area contributed by atoms with E-state index in [0.717, 1.165) is 31.0 Å². The number of nitrogens with zero attached hydrogens (tertiary/aromatic N) is 1. The van der Waals surface area contributed by atoms with E-state index in [2.05, 4.69) is 5.32 Å². The number of hydrogen-bond acceptors (Lipinski definition) is 2. The van der Waals surface area contributed by atoms with Gasteiger partial charge in [0.25, 0.3) is 0 Å². The number of aromatic carboxylic acids is 1. The van der Waals surface area contributed by atoms with Gasteiger partial charge >= 0.3 is 12.0 Å². The largest absolute Gasteiger partial charge is 0.478 e. The van der Waals surface area contributed by atoms with E-state index in [-0.39, 0.29) is 17.3 Å². The first kappa shape index (κ1) is 15.9. The standard InChI is InChI=1S/C14H19FN2O3/c1-4-10(5-2)17(3)14(20)16-12-8-9(15)6-7-11(12)13(18)19/h6-8,10H,4-5H2,1-3H3,(H,16,20)(H,18,19). The summed E-state index contributed by atoms with van der Waals surface area (Å²) in [6, 6.07) is 2.78. The maximum absolute atomic E-state index is 13.2. The predicted octanol–water partition coefficient (Wildman–Crippen LogP) is 3.18. The first-order valence-corrected chi connectivity index (χ1v) is 6.47. The number of urea groups is 1. The number of carbonyl (C=O) groups excluding carboxylic acids is 1. The van der Waals surface area contributed by atoms with Crippen LogP contribution in [-0.4, -0.2) is 35.1 Å². The fourth-order valence-electron chi connectivity index (χ4n) is 2.01. The van der Waals surface area contributed by atoms with Crippen molar-refractivity contribution >= 4 is 17.7 Å². The van der Waals surface area contributed by atoms with Gasteiger partial charge in [-0.1, -0.05) is 13.8 Å². The molecule has 6 heteroatoms. The van der Waals surface area contributed by atoms with Crippen molar-refractivity contribution < 1.29 is 19.1 Å². The molecular formula is C14H19FN2O3. The summed E-state index contributed by atoms with van der Waals surface area (Å²) in [6.45, 7) is 3.92. The number of nitrogens with one attached hydrogen (secondary N) is 1. The van der Waals surface area contributed by atoms with Crippen LogP contribution in [0, 0.1) is 5.82 Å². The summed E-state index contributed by atoms with van der Waals surface area (Å²) >= 11 is 0. The predicted molar refractivity (Wildman–Crippen MR) is 74.5 cm³/mol. The third-order valence-corrected chi connectivity index (χ3v) is 3.26. The van der Waals surface area contributed by atoms with E-state index in [4.69, 9.17) is 5.11 Å². The first-order chi connectivity index (χ1) is 9.40. The number of halogens is 1. The number of hydrogen-bond donors (Lipinski definition) is 2. The molecule has 0 aromatic heterocycles. The Morgan fingerprint density at radius 3 is 2.45 bits per heavy atom. The normalized spacial score (nSPS) is 10.4. The maximum Gasteiger partial charge on any atom is 0.337 e. The average molecular weight is 282 g/mol. The van der Waals surface area contributed by atoms with E-state index in [1.165, 1.54) is 4.90 Å². The van der Waals surface area contributed by atoms with Gasteiger partial charge in [0, 0.05) is 13.1 Å². The number of benzene rings is 1. The molecule has 110 valence electrons. The lowest BCUT2D eigenvalue weighted by Gasteiger charge is -2.26. The van der Waals surface area contributed by atoms with Crippen LogP contribution in [0.5, 0.6) is 0 Å². The van der Waals surface area contributed by atoms with Crippen LogP contribution in [0.3, 0.4) is 0 Å². The molecule has 0 aliphatic carbocycles. The summed E-state index contributed by atoms with van der Waals surface area (Å²) in [7, 11) is 1.63. The highest BCUT2D eigenvalue weighted by atomic mass is 19.1. The van der Waals surface area contributed by atoms with Crippen LogP contribution in [0.25, 0.3) is 0 Å². The van der Waals surface area contributed by atoms with E-state index in [9.17, 15) is 14.0 Å². The summed E-state index contributed by atoms with van der Waals surface area (Å²) in [5.41, 5.74) is -0.182. The van der Waals surface area contributed by atoms with Crippen LogP contribution in [0.4, 0.5) is 14.9 Å². The van der Waals surface area contributed by atoms with Crippen LogP contribution in [-0.2, 0) is 0 Å². The first-order valence-electron chi connectivity index (χ1n) is 6.47. The van der Waals surface area contributed by atoms with E-state index < -0.39 is 17.8 Å². The third-order valence-electron chi connectivity index (χ3n) is 3.26. The molecule has 1 aromatic carbocycles. The van der Waals surface area contributed by atoms with Crippen molar-refractivity contribution in [3.05, 3.63) is 29.6 Å². The molecule has 0 spiro atoms. The lowest BCUT2D eigenvalue weighted by Crippen LogP contribution is -2.39. The summed E-state index contributed by atoms with van der Waals surface area (Å²) in [4.78, 5) is 24.6. The Labute approximate surface area is 117 Å².